The van der Waals surface area contributed by atoms with E-state index in [9.17, 15) is 9.59 Å². The molecular formula is C15H19BrN2O5. The molecule has 0 atom stereocenters. The summed E-state index contributed by atoms with van der Waals surface area (Å²) < 4.78 is 16.4. The molecule has 0 N–H and O–H groups in total. The van der Waals surface area contributed by atoms with Gasteiger partial charge in [-0.25, -0.2) is 9.78 Å². The van der Waals surface area contributed by atoms with Crippen molar-refractivity contribution < 1.29 is 23.8 Å². The maximum Gasteiger partial charge on any atom is 0.409 e. The molecule has 0 spiro atoms. The fraction of sp³-hybridized carbons (Fsp3) is 0.533. The van der Waals surface area contributed by atoms with Crippen molar-refractivity contribution in [3.8, 4) is 11.6 Å². The van der Waals surface area contributed by atoms with E-state index in [4.69, 9.17) is 14.2 Å². The Morgan fingerprint density at radius 1 is 1.48 bits per heavy atom. The Bertz CT molecular complexity index is 573. The number of rotatable bonds is 5. The average Bonchev–Trinajstić information content (AvgIpc) is 2.57. The quantitative estimate of drug-likeness (QED) is 0.571. The molecule has 7 nitrogen and oxygen atoms in total. The normalized spacial score (nSPS) is 15.2. The molecule has 8 heteroatoms. The van der Waals surface area contributed by atoms with Crippen LogP contribution in [0.2, 0.25) is 0 Å². The first kappa shape index (κ1) is 17.5. The summed E-state index contributed by atoms with van der Waals surface area (Å²) in [6.07, 6.45) is 1.69. The molecule has 0 saturated carbocycles. The molecule has 1 aromatic heterocycles. The van der Waals surface area contributed by atoms with Crippen molar-refractivity contribution in [1.82, 2.24) is 9.88 Å². The van der Waals surface area contributed by atoms with Crippen LogP contribution in [0.5, 0.6) is 11.6 Å². The topological polar surface area (TPSA) is 78.0 Å². The van der Waals surface area contributed by atoms with Crippen LogP contribution in [0.25, 0.3) is 0 Å². The minimum atomic E-state index is -0.324. The molecule has 1 amide bonds. The Morgan fingerprint density at radius 2 is 2.17 bits per heavy atom. The van der Waals surface area contributed by atoms with E-state index in [2.05, 4.69) is 20.9 Å². The summed E-state index contributed by atoms with van der Waals surface area (Å²) in [4.78, 5) is 28.5. The average molecular weight is 387 g/mol. The van der Waals surface area contributed by atoms with E-state index >= 15 is 0 Å². The maximum atomic E-state index is 11.5. The lowest BCUT2D eigenvalue weighted by molar-refractivity contribution is 0.0783. The van der Waals surface area contributed by atoms with Crippen LogP contribution in [0.15, 0.2) is 10.7 Å². The SMILES string of the molecule is CCOc1nc(Br)c(OC2CCN(C(=O)OC)CC2)cc1C=O. The molecule has 0 aliphatic carbocycles. The summed E-state index contributed by atoms with van der Waals surface area (Å²) >= 11 is 3.34. The summed E-state index contributed by atoms with van der Waals surface area (Å²) in [5.41, 5.74) is 0.344. The first-order chi connectivity index (χ1) is 11.1. The molecule has 1 aliphatic rings. The van der Waals surface area contributed by atoms with Gasteiger partial charge in [0.2, 0.25) is 5.88 Å². The molecule has 0 unspecified atom stereocenters. The Labute approximate surface area is 143 Å². The zero-order chi connectivity index (χ0) is 16.8. The molecular weight excluding hydrogens is 368 g/mol. The number of amides is 1. The summed E-state index contributed by atoms with van der Waals surface area (Å²) in [6, 6.07) is 1.61. The standard InChI is InChI=1S/C15H19BrN2O5/c1-3-22-14-10(9-19)8-12(13(16)17-14)23-11-4-6-18(7-5-11)15(20)21-2/h8-9,11H,3-7H2,1-2H3. The number of aromatic nitrogens is 1. The fourth-order valence-corrected chi connectivity index (χ4v) is 2.72. The van der Waals surface area contributed by atoms with E-state index in [0.717, 1.165) is 0 Å². The second-order valence-electron chi connectivity index (χ2n) is 5.00. The third kappa shape index (κ3) is 4.34. The Hall–Kier alpha value is -1.83. The van der Waals surface area contributed by atoms with Crippen LogP contribution in [0, 0.1) is 0 Å². The van der Waals surface area contributed by atoms with Gasteiger partial charge in [0, 0.05) is 25.9 Å². The van der Waals surface area contributed by atoms with Crippen LogP contribution in [-0.2, 0) is 4.74 Å². The fourth-order valence-electron chi connectivity index (χ4n) is 2.36. The summed E-state index contributed by atoms with van der Waals surface area (Å²) in [5, 5.41) is 0. The van der Waals surface area contributed by atoms with Gasteiger partial charge in [-0.1, -0.05) is 0 Å². The third-order valence-corrected chi connectivity index (χ3v) is 4.08. The third-order valence-electron chi connectivity index (χ3n) is 3.51. The van der Waals surface area contributed by atoms with Crippen LogP contribution in [0.1, 0.15) is 30.1 Å². The first-order valence-electron chi connectivity index (χ1n) is 7.37. The lowest BCUT2D eigenvalue weighted by Gasteiger charge is -2.31. The summed E-state index contributed by atoms with van der Waals surface area (Å²) in [5.74, 6) is 0.773. The lowest BCUT2D eigenvalue weighted by Crippen LogP contribution is -2.41. The highest BCUT2D eigenvalue weighted by atomic mass is 79.9. The summed E-state index contributed by atoms with van der Waals surface area (Å²) in [6.45, 7) is 3.38. The van der Waals surface area contributed by atoms with Crippen LogP contribution in [0.4, 0.5) is 4.79 Å². The van der Waals surface area contributed by atoms with Gasteiger partial charge in [0.1, 0.15) is 6.10 Å². The molecule has 0 aromatic carbocycles. The largest absolute Gasteiger partial charge is 0.487 e. The number of likely N-dealkylation sites (tertiary alicyclic amines) is 1. The van der Waals surface area contributed by atoms with E-state index in [-0.39, 0.29) is 18.1 Å². The van der Waals surface area contributed by atoms with Crippen LogP contribution < -0.4 is 9.47 Å². The van der Waals surface area contributed by atoms with Gasteiger partial charge in [0.05, 0.1) is 19.3 Å². The van der Waals surface area contributed by atoms with Gasteiger partial charge in [0.25, 0.3) is 0 Å². The van der Waals surface area contributed by atoms with E-state index in [0.29, 0.717) is 54.7 Å². The second kappa shape index (κ2) is 8.14. The van der Waals surface area contributed by atoms with Crippen molar-refractivity contribution in [2.24, 2.45) is 0 Å². The number of piperidine rings is 1. The molecule has 1 aliphatic heterocycles. The number of methoxy groups -OCH3 is 1. The van der Waals surface area contributed by atoms with Crippen LogP contribution >= 0.6 is 15.9 Å². The smallest absolute Gasteiger partial charge is 0.409 e. The molecule has 0 radical (unpaired) electrons. The number of carbonyl (C=O) groups excluding carboxylic acids is 2. The number of halogens is 1. The Balaban J connectivity index is 2.03. The molecule has 1 aromatic rings. The van der Waals surface area contributed by atoms with Gasteiger partial charge in [0.15, 0.2) is 16.6 Å². The number of hydrogen-bond acceptors (Lipinski definition) is 6. The first-order valence-corrected chi connectivity index (χ1v) is 8.16. The van der Waals surface area contributed by atoms with Crippen molar-refractivity contribution in [2.45, 2.75) is 25.9 Å². The minimum absolute atomic E-state index is 0.0496. The predicted molar refractivity (Wildman–Crippen MR) is 86.1 cm³/mol. The van der Waals surface area contributed by atoms with E-state index in [1.54, 1.807) is 11.0 Å². The van der Waals surface area contributed by atoms with Gasteiger partial charge in [-0.2, -0.15) is 0 Å². The number of ether oxygens (including phenoxy) is 3. The van der Waals surface area contributed by atoms with Gasteiger partial charge in [-0.05, 0) is 28.9 Å². The van der Waals surface area contributed by atoms with Crippen molar-refractivity contribution in [1.29, 1.82) is 0 Å². The maximum absolute atomic E-state index is 11.5. The van der Waals surface area contributed by atoms with Crippen molar-refractivity contribution in [2.75, 3.05) is 26.8 Å². The molecule has 2 heterocycles. The Morgan fingerprint density at radius 3 is 2.74 bits per heavy atom. The van der Waals surface area contributed by atoms with Gasteiger partial charge < -0.3 is 19.1 Å². The molecule has 1 fully saturated rings. The highest BCUT2D eigenvalue weighted by Crippen LogP contribution is 2.31. The van der Waals surface area contributed by atoms with Gasteiger partial charge in [-0.3, -0.25) is 4.79 Å². The Kier molecular flexibility index (Phi) is 6.20. The highest BCUT2D eigenvalue weighted by Gasteiger charge is 2.25. The molecule has 126 valence electrons. The second-order valence-corrected chi connectivity index (χ2v) is 5.75. The summed E-state index contributed by atoms with van der Waals surface area (Å²) in [7, 11) is 1.37. The number of carbonyl (C=O) groups is 2. The van der Waals surface area contributed by atoms with Crippen molar-refractivity contribution in [3.63, 3.8) is 0 Å². The van der Waals surface area contributed by atoms with E-state index in [1.165, 1.54) is 7.11 Å². The molecule has 23 heavy (non-hydrogen) atoms. The number of hydrogen-bond donors (Lipinski definition) is 0. The minimum Gasteiger partial charge on any atom is -0.487 e. The number of pyridine rings is 1. The van der Waals surface area contributed by atoms with Gasteiger partial charge in [-0.15, -0.1) is 0 Å². The van der Waals surface area contributed by atoms with Crippen molar-refractivity contribution >= 4 is 28.3 Å². The van der Waals surface area contributed by atoms with Crippen LogP contribution in [-0.4, -0.2) is 55.2 Å². The monoisotopic (exact) mass is 386 g/mol. The van der Waals surface area contributed by atoms with Crippen LogP contribution in [0.3, 0.4) is 0 Å². The zero-order valence-electron chi connectivity index (χ0n) is 13.1. The predicted octanol–water partition coefficient (Wildman–Crippen LogP) is 2.66. The van der Waals surface area contributed by atoms with E-state index in [1.807, 2.05) is 6.92 Å². The number of nitrogens with zero attached hydrogens (tertiary/aromatic N) is 2. The molecule has 2 rings (SSSR count). The highest BCUT2D eigenvalue weighted by molar-refractivity contribution is 9.10. The van der Waals surface area contributed by atoms with E-state index < -0.39 is 0 Å². The zero-order valence-corrected chi connectivity index (χ0v) is 14.7. The lowest BCUT2D eigenvalue weighted by atomic mass is 10.1. The van der Waals surface area contributed by atoms with Gasteiger partial charge >= 0.3 is 6.09 Å². The molecule has 0 bridgehead atoms. The number of aldehydes is 1. The van der Waals surface area contributed by atoms with Crippen molar-refractivity contribution in [3.05, 3.63) is 16.2 Å². The molecule has 1 saturated heterocycles.